The summed E-state index contributed by atoms with van der Waals surface area (Å²) in [7, 11) is 0. The average Bonchev–Trinajstić information content (AvgIpc) is 2.10. The summed E-state index contributed by atoms with van der Waals surface area (Å²) in [5.74, 6) is 0.532. The van der Waals surface area contributed by atoms with Gasteiger partial charge < -0.3 is 9.84 Å². The topological polar surface area (TPSA) is 29.5 Å². The third kappa shape index (κ3) is 1.43. The van der Waals surface area contributed by atoms with Crippen molar-refractivity contribution in [1.29, 1.82) is 0 Å². The first kappa shape index (κ1) is 7.03. The number of rotatable bonds is 1. The molecule has 1 heterocycles. The second kappa shape index (κ2) is 2.67. The minimum atomic E-state index is 0.0972. The van der Waals surface area contributed by atoms with Crippen molar-refractivity contribution in [3.63, 3.8) is 0 Å². The van der Waals surface area contributed by atoms with Gasteiger partial charge in [-0.15, -0.1) is 0 Å². The van der Waals surface area contributed by atoms with E-state index in [0.29, 0.717) is 12.0 Å². The average molecular weight is 130 g/mol. The van der Waals surface area contributed by atoms with Gasteiger partial charge in [-0.1, -0.05) is 6.92 Å². The molecule has 54 valence electrons. The van der Waals surface area contributed by atoms with Gasteiger partial charge in [0.1, 0.15) is 0 Å². The Kier molecular flexibility index (Phi) is 2.09. The van der Waals surface area contributed by atoms with Crippen LogP contribution in [0.1, 0.15) is 20.3 Å². The van der Waals surface area contributed by atoms with Crippen LogP contribution >= 0.6 is 0 Å². The third-order valence-electron chi connectivity index (χ3n) is 1.93. The highest BCUT2D eigenvalue weighted by Crippen LogP contribution is 2.24. The lowest BCUT2D eigenvalue weighted by Gasteiger charge is -2.09. The predicted molar refractivity (Wildman–Crippen MR) is 35.2 cm³/mol. The Labute approximate surface area is 55.8 Å². The van der Waals surface area contributed by atoms with E-state index in [-0.39, 0.29) is 12.7 Å². The van der Waals surface area contributed by atoms with Crippen molar-refractivity contribution in [3.05, 3.63) is 0 Å². The SMILES string of the molecule is CC1CC(C)[C@@H](CO)O1. The van der Waals surface area contributed by atoms with E-state index in [0.717, 1.165) is 6.42 Å². The Morgan fingerprint density at radius 1 is 1.56 bits per heavy atom. The van der Waals surface area contributed by atoms with Crippen LogP contribution in [0.4, 0.5) is 0 Å². The van der Waals surface area contributed by atoms with Crippen LogP contribution < -0.4 is 0 Å². The molecular weight excluding hydrogens is 116 g/mol. The molecule has 1 aliphatic heterocycles. The standard InChI is InChI=1S/C7H14O2/c1-5-3-6(2)9-7(5)4-8/h5-8H,3-4H2,1-2H3/t5?,6?,7-/m1/s1. The van der Waals surface area contributed by atoms with Gasteiger partial charge in [0.2, 0.25) is 0 Å². The molecule has 1 N–H and O–H groups in total. The Hall–Kier alpha value is -0.0800. The zero-order valence-electron chi connectivity index (χ0n) is 6.00. The van der Waals surface area contributed by atoms with Gasteiger partial charge in [0.05, 0.1) is 18.8 Å². The monoisotopic (exact) mass is 130 g/mol. The first-order valence-electron chi connectivity index (χ1n) is 3.50. The second-order valence-corrected chi connectivity index (χ2v) is 2.88. The van der Waals surface area contributed by atoms with E-state index in [9.17, 15) is 0 Å². The van der Waals surface area contributed by atoms with E-state index >= 15 is 0 Å². The molecule has 2 nitrogen and oxygen atoms in total. The van der Waals surface area contributed by atoms with Gasteiger partial charge in [-0.25, -0.2) is 0 Å². The maximum absolute atomic E-state index is 8.73. The molecule has 1 aliphatic rings. The zero-order chi connectivity index (χ0) is 6.85. The first-order chi connectivity index (χ1) is 4.24. The largest absolute Gasteiger partial charge is 0.394 e. The van der Waals surface area contributed by atoms with Gasteiger partial charge in [-0.3, -0.25) is 0 Å². The molecule has 2 heteroatoms. The van der Waals surface area contributed by atoms with Crippen molar-refractivity contribution >= 4 is 0 Å². The molecule has 0 radical (unpaired) electrons. The van der Waals surface area contributed by atoms with Crippen molar-refractivity contribution < 1.29 is 9.84 Å². The Balaban J connectivity index is 2.38. The fraction of sp³-hybridized carbons (Fsp3) is 1.00. The van der Waals surface area contributed by atoms with Gasteiger partial charge in [0.15, 0.2) is 0 Å². The minimum Gasteiger partial charge on any atom is -0.394 e. The molecule has 0 aromatic rings. The molecule has 0 aromatic carbocycles. The molecule has 1 saturated heterocycles. The van der Waals surface area contributed by atoms with E-state index in [1.165, 1.54) is 0 Å². The zero-order valence-corrected chi connectivity index (χ0v) is 6.00. The fourth-order valence-corrected chi connectivity index (χ4v) is 1.39. The van der Waals surface area contributed by atoms with Crippen molar-refractivity contribution in [2.45, 2.75) is 32.5 Å². The van der Waals surface area contributed by atoms with Crippen LogP contribution in [0.15, 0.2) is 0 Å². The molecule has 1 rings (SSSR count). The summed E-state index contributed by atoms with van der Waals surface area (Å²) >= 11 is 0. The van der Waals surface area contributed by atoms with Crippen LogP contribution in [0.3, 0.4) is 0 Å². The molecular formula is C7H14O2. The van der Waals surface area contributed by atoms with Crippen molar-refractivity contribution in [3.8, 4) is 0 Å². The first-order valence-corrected chi connectivity index (χ1v) is 3.50. The molecule has 9 heavy (non-hydrogen) atoms. The van der Waals surface area contributed by atoms with E-state index in [2.05, 4.69) is 6.92 Å². The highest BCUT2D eigenvalue weighted by Gasteiger charge is 2.28. The molecule has 0 amide bonds. The Bertz CT molecular complexity index is 92.9. The van der Waals surface area contributed by atoms with Gasteiger partial charge in [0, 0.05) is 0 Å². The Morgan fingerprint density at radius 3 is 2.44 bits per heavy atom. The van der Waals surface area contributed by atoms with Crippen molar-refractivity contribution in [2.75, 3.05) is 6.61 Å². The molecule has 0 aromatic heterocycles. The van der Waals surface area contributed by atoms with Gasteiger partial charge in [0.25, 0.3) is 0 Å². The lowest BCUT2D eigenvalue weighted by molar-refractivity contribution is 0.00884. The molecule has 2 unspecified atom stereocenters. The molecule has 1 fully saturated rings. The van der Waals surface area contributed by atoms with Crippen molar-refractivity contribution in [1.82, 2.24) is 0 Å². The van der Waals surface area contributed by atoms with E-state index < -0.39 is 0 Å². The number of hydrogen-bond donors (Lipinski definition) is 1. The van der Waals surface area contributed by atoms with E-state index in [1.807, 2.05) is 6.92 Å². The summed E-state index contributed by atoms with van der Waals surface area (Å²) in [5.41, 5.74) is 0. The number of ether oxygens (including phenoxy) is 1. The van der Waals surface area contributed by atoms with Crippen LogP contribution in [-0.2, 0) is 4.74 Å². The van der Waals surface area contributed by atoms with Crippen molar-refractivity contribution in [2.24, 2.45) is 5.92 Å². The second-order valence-electron chi connectivity index (χ2n) is 2.88. The van der Waals surface area contributed by atoms with Gasteiger partial charge in [-0.2, -0.15) is 0 Å². The van der Waals surface area contributed by atoms with Crippen LogP contribution in [0.2, 0.25) is 0 Å². The highest BCUT2D eigenvalue weighted by atomic mass is 16.5. The quantitative estimate of drug-likeness (QED) is 0.568. The van der Waals surface area contributed by atoms with Crippen LogP contribution in [-0.4, -0.2) is 23.9 Å². The third-order valence-corrected chi connectivity index (χ3v) is 1.93. The summed E-state index contributed by atoms with van der Waals surface area (Å²) in [5, 5.41) is 8.73. The summed E-state index contributed by atoms with van der Waals surface area (Å²) in [6.07, 6.45) is 1.53. The minimum absolute atomic E-state index is 0.0972. The maximum atomic E-state index is 8.73. The lowest BCUT2D eigenvalue weighted by Crippen LogP contribution is -2.18. The van der Waals surface area contributed by atoms with Crippen LogP contribution in [0.25, 0.3) is 0 Å². The molecule has 0 spiro atoms. The van der Waals surface area contributed by atoms with Gasteiger partial charge in [-0.05, 0) is 19.3 Å². The van der Waals surface area contributed by atoms with Crippen LogP contribution in [0, 0.1) is 5.92 Å². The summed E-state index contributed by atoms with van der Waals surface area (Å²) in [6.45, 7) is 4.34. The summed E-state index contributed by atoms with van der Waals surface area (Å²) < 4.78 is 5.37. The normalized spacial score (nSPS) is 43.7. The molecule has 0 aliphatic carbocycles. The number of aliphatic hydroxyl groups is 1. The highest BCUT2D eigenvalue weighted by molar-refractivity contribution is 4.76. The summed E-state index contributed by atoms with van der Waals surface area (Å²) in [4.78, 5) is 0. The van der Waals surface area contributed by atoms with Gasteiger partial charge >= 0.3 is 0 Å². The lowest BCUT2D eigenvalue weighted by atomic mass is 10.0. The fourth-order valence-electron chi connectivity index (χ4n) is 1.39. The molecule has 0 bridgehead atoms. The molecule has 3 atom stereocenters. The number of aliphatic hydroxyl groups excluding tert-OH is 1. The Morgan fingerprint density at radius 2 is 2.22 bits per heavy atom. The molecule has 0 saturated carbocycles. The maximum Gasteiger partial charge on any atom is 0.0835 e. The van der Waals surface area contributed by atoms with Crippen LogP contribution in [0.5, 0.6) is 0 Å². The summed E-state index contributed by atoms with van der Waals surface area (Å²) in [6, 6.07) is 0. The van der Waals surface area contributed by atoms with E-state index in [1.54, 1.807) is 0 Å². The smallest absolute Gasteiger partial charge is 0.0835 e. The predicted octanol–water partition coefficient (Wildman–Crippen LogP) is 0.792. The number of hydrogen-bond acceptors (Lipinski definition) is 2. The van der Waals surface area contributed by atoms with E-state index in [4.69, 9.17) is 9.84 Å².